The molecular formula is C19H20FNO. The molecule has 0 radical (unpaired) electrons. The fourth-order valence-corrected chi connectivity index (χ4v) is 3.18. The molecule has 3 heteroatoms. The zero-order valence-corrected chi connectivity index (χ0v) is 12.5. The van der Waals surface area contributed by atoms with E-state index in [1.807, 2.05) is 0 Å². The average Bonchev–Trinajstić information content (AvgIpc) is 2.55. The molecular weight excluding hydrogens is 277 g/mol. The van der Waals surface area contributed by atoms with Gasteiger partial charge in [0.1, 0.15) is 5.82 Å². The first-order valence-electron chi connectivity index (χ1n) is 7.82. The van der Waals surface area contributed by atoms with Crippen molar-refractivity contribution < 1.29 is 9.18 Å². The second-order valence-corrected chi connectivity index (χ2v) is 5.86. The van der Waals surface area contributed by atoms with E-state index in [-0.39, 0.29) is 18.1 Å². The third-order valence-corrected chi connectivity index (χ3v) is 4.35. The number of aryl methyl sites for hydroxylation is 1. The van der Waals surface area contributed by atoms with Crippen molar-refractivity contribution in [3.05, 3.63) is 71.0 Å². The van der Waals surface area contributed by atoms with Crippen LogP contribution in [0, 0.1) is 5.82 Å². The van der Waals surface area contributed by atoms with E-state index in [4.69, 9.17) is 0 Å². The van der Waals surface area contributed by atoms with Gasteiger partial charge in [0.15, 0.2) is 0 Å². The lowest BCUT2D eigenvalue weighted by Crippen LogP contribution is -2.31. The van der Waals surface area contributed by atoms with Crippen LogP contribution in [0.25, 0.3) is 0 Å². The number of rotatable bonds is 4. The zero-order chi connectivity index (χ0) is 15.4. The summed E-state index contributed by atoms with van der Waals surface area (Å²) in [5.74, 6) is -0.0664. The Bertz CT molecular complexity index is 668. The first-order valence-corrected chi connectivity index (χ1v) is 7.82. The van der Waals surface area contributed by atoms with Gasteiger partial charge in [0.2, 0.25) is 5.91 Å². The van der Waals surface area contributed by atoms with Crippen molar-refractivity contribution in [2.45, 2.75) is 31.6 Å². The van der Waals surface area contributed by atoms with Gasteiger partial charge < -0.3 is 5.32 Å². The normalized spacial score (nSPS) is 16.9. The van der Waals surface area contributed by atoms with Crippen LogP contribution in [0.4, 0.5) is 4.39 Å². The highest BCUT2D eigenvalue weighted by atomic mass is 19.1. The van der Waals surface area contributed by atoms with Crippen molar-refractivity contribution in [1.82, 2.24) is 5.32 Å². The molecule has 1 aliphatic rings. The van der Waals surface area contributed by atoms with Crippen LogP contribution in [0.3, 0.4) is 0 Å². The van der Waals surface area contributed by atoms with E-state index in [0.717, 1.165) is 19.3 Å². The molecule has 0 spiro atoms. The van der Waals surface area contributed by atoms with E-state index in [0.29, 0.717) is 18.0 Å². The molecule has 3 rings (SSSR count). The molecule has 0 aliphatic heterocycles. The largest absolute Gasteiger partial charge is 0.355 e. The van der Waals surface area contributed by atoms with Crippen molar-refractivity contribution in [3.63, 3.8) is 0 Å². The van der Waals surface area contributed by atoms with Crippen LogP contribution >= 0.6 is 0 Å². The molecule has 1 unspecified atom stereocenters. The summed E-state index contributed by atoms with van der Waals surface area (Å²) < 4.78 is 13.6. The Kier molecular flexibility index (Phi) is 4.52. The highest BCUT2D eigenvalue weighted by Gasteiger charge is 2.20. The molecule has 0 saturated carbocycles. The lowest BCUT2D eigenvalue weighted by molar-refractivity contribution is -0.120. The Balaban J connectivity index is 1.59. The van der Waals surface area contributed by atoms with Crippen LogP contribution in [-0.2, 0) is 17.6 Å². The van der Waals surface area contributed by atoms with Crippen LogP contribution in [-0.4, -0.2) is 12.5 Å². The minimum atomic E-state index is -0.319. The molecule has 2 nitrogen and oxygen atoms in total. The number of benzene rings is 2. The predicted octanol–water partition coefficient (Wildman–Crippen LogP) is 3.60. The first kappa shape index (κ1) is 14.8. The maximum absolute atomic E-state index is 13.6. The topological polar surface area (TPSA) is 29.1 Å². The third kappa shape index (κ3) is 3.35. The van der Waals surface area contributed by atoms with E-state index < -0.39 is 0 Å². The summed E-state index contributed by atoms with van der Waals surface area (Å²) >= 11 is 0. The summed E-state index contributed by atoms with van der Waals surface area (Å²) in [4.78, 5) is 12.0. The first-order chi connectivity index (χ1) is 10.7. The van der Waals surface area contributed by atoms with Crippen molar-refractivity contribution >= 4 is 5.91 Å². The molecule has 0 aromatic heterocycles. The Morgan fingerprint density at radius 3 is 2.77 bits per heavy atom. The zero-order valence-electron chi connectivity index (χ0n) is 12.5. The van der Waals surface area contributed by atoms with Crippen LogP contribution in [0.5, 0.6) is 0 Å². The van der Waals surface area contributed by atoms with E-state index in [1.165, 1.54) is 17.2 Å². The standard InChI is InChI=1S/C19H20FNO/c20-18-11-4-2-7-15(18)12-19(22)21-13-16-9-5-8-14-6-1-3-10-17(14)16/h1-4,6-7,10-11,16H,5,8-9,12-13H2,(H,21,22). The molecule has 1 N–H and O–H groups in total. The minimum Gasteiger partial charge on any atom is -0.355 e. The molecule has 2 aromatic carbocycles. The lowest BCUT2D eigenvalue weighted by Gasteiger charge is -2.25. The number of nitrogens with one attached hydrogen (secondary N) is 1. The Morgan fingerprint density at radius 1 is 1.14 bits per heavy atom. The van der Waals surface area contributed by atoms with Gasteiger partial charge in [0.25, 0.3) is 0 Å². The predicted molar refractivity (Wildman–Crippen MR) is 85.2 cm³/mol. The van der Waals surface area contributed by atoms with E-state index in [2.05, 4.69) is 29.6 Å². The SMILES string of the molecule is O=C(Cc1ccccc1F)NCC1CCCc2ccccc21. The molecule has 22 heavy (non-hydrogen) atoms. The second kappa shape index (κ2) is 6.73. The fourth-order valence-electron chi connectivity index (χ4n) is 3.18. The number of hydrogen-bond donors (Lipinski definition) is 1. The Hall–Kier alpha value is -2.16. The summed E-state index contributed by atoms with van der Waals surface area (Å²) in [7, 11) is 0. The van der Waals surface area contributed by atoms with Crippen molar-refractivity contribution in [1.29, 1.82) is 0 Å². The van der Waals surface area contributed by atoms with Gasteiger partial charge in [-0.25, -0.2) is 4.39 Å². The molecule has 1 atom stereocenters. The third-order valence-electron chi connectivity index (χ3n) is 4.35. The highest BCUT2D eigenvalue weighted by Crippen LogP contribution is 2.30. The van der Waals surface area contributed by atoms with Gasteiger partial charge in [0, 0.05) is 12.5 Å². The Morgan fingerprint density at radius 2 is 1.91 bits per heavy atom. The van der Waals surface area contributed by atoms with Crippen LogP contribution in [0.1, 0.15) is 35.4 Å². The molecule has 1 amide bonds. The molecule has 0 heterocycles. The van der Waals surface area contributed by atoms with Gasteiger partial charge in [-0.1, -0.05) is 42.5 Å². The van der Waals surface area contributed by atoms with Gasteiger partial charge in [-0.3, -0.25) is 4.79 Å². The van der Waals surface area contributed by atoms with Gasteiger partial charge in [0.05, 0.1) is 6.42 Å². The second-order valence-electron chi connectivity index (χ2n) is 5.86. The van der Waals surface area contributed by atoms with E-state index >= 15 is 0 Å². The summed E-state index contributed by atoms with van der Waals surface area (Å²) in [6, 6.07) is 14.9. The fraction of sp³-hybridized carbons (Fsp3) is 0.316. The average molecular weight is 297 g/mol. The number of carbonyl (C=O) groups excluding carboxylic acids is 1. The Labute approximate surface area is 130 Å². The smallest absolute Gasteiger partial charge is 0.224 e. The molecule has 0 bridgehead atoms. The summed E-state index contributed by atoms with van der Waals surface area (Å²) in [5.41, 5.74) is 3.19. The molecule has 2 aromatic rings. The van der Waals surface area contributed by atoms with Crippen LogP contribution in [0.15, 0.2) is 48.5 Å². The van der Waals surface area contributed by atoms with Gasteiger partial charge in [-0.15, -0.1) is 0 Å². The molecule has 0 fully saturated rings. The monoisotopic (exact) mass is 297 g/mol. The van der Waals surface area contributed by atoms with Gasteiger partial charge in [-0.2, -0.15) is 0 Å². The lowest BCUT2D eigenvalue weighted by atomic mass is 9.83. The molecule has 1 aliphatic carbocycles. The molecule has 114 valence electrons. The van der Waals surface area contributed by atoms with Crippen molar-refractivity contribution in [2.75, 3.05) is 6.54 Å². The highest BCUT2D eigenvalue weighted by molar-refractivity contribution is 5.78. The van der Waals surface area contributed by atoms with Crippen molar-refractivity contribution in [2.24, 2.45) is 0 Å². The van der Waals surface area contributed by atoms with E-state index in [9.17, 15) is 9.18 Å². The van der Waals surface area contributed by atoms with Crippen molar-refractivity contribution in [3.8, 4) is 0 Å². The summed E-state index contributed by atoms with van der Waals surface area (Å²) in [6.45, 7) is 0.629. The number of fused-ring (bicyclic) bond motifs is 1. The van der Waals surface area contributed by atoms with Gasteiger partial charge in [-0.05, 0) is 42.0 Å². The quantitative estimate of drug-likeness (QED) is 0.918. The summed E-state index contributed by atoms with van der Waals surface area (Å²) in [5, 5.41) is 2.96. The maximum atomic E-state index is 13.6. The number of halogens is 1. The van der Waals surface area contributed by atoms with E-state index in [1.54, 1.807) is 18.2 Å². The minimum absolute atomic E-state index is 0.0983. The number of hydrogen-bond acceptors (Lipinski definition) is 1. The number of carbonyl (C=O) groups is 1. The summed E-state index contributed by atoms with van der Waals surface area (Å²) in [6.07, 6.45) is 3.47. The van der Waals surface area contributed by atoms with Gasteiger partial charge >= 0.3 is 0 Å². The maximum Gasteiger partial charge on any atom is 0.224 e. The molecule has 0 saturated heterocycles. The van der Waals surface area contributed by atoms with Crippen LogP contribution in [0.2, 0.25) is 0 Å². The van der Waals surface area contributed by atoms with Crippen LogP contribution < -0.4 is 5.32 Å². The number of amides is 1.